The van der Waals surface area contributed by atoms with Crippen molar-refractivity contribution in [1.29, 1.82) is 0 Å². The first-order valence-electron chi connectivity index (χ1n) is 7.44. The van der Waals surface area contributed by atoms with Gasteiger partial charge in [0.1, 0.15) is 0 Å². The Kier molecular flexibility index (Phi) is 4.83. The van der Waals surface area contributed by atoms with E-state index in [4.69, 9.17) is 4.74 Å². The molecule has 114 valence electrons. The van der Waals surface area contributed by atoms with Crippen molar-refractivity contribution in [3.05, 3.63) is 35.1 Å². The minimum Gasteiger partial charge on any atom is -0.461 e. The van der Waals surface area contributed by atoms with Crippen molar-refractivity contribution in [2.75, 3.05) is 13.7 Å². The first-order chi connectivity index (χ1) is 10.1. The van der Waals surface area contributed by atoms with Crippen molar-refractivity contribution in [1.82, 2.24) is 14.9 Å². The molecule has 2 rings (SSSR count). The molecule has 0 fully saturated rings. The predicted octanol–water partition coefficient (Wildman–Crippen LogP) is 2.75. The molecule has 1 N–H and O–H groups in total. The van der Waals surface area contributed by atoms with Crippen molar-refractivity contribution in [2.24, 2.45) is 0 Å². The number of nitrogens with zero attached hydrogens (tertiary/aromatic N) is 2. The highest BCUT2D eigenvalue weighted by Gasteiger charge is 2.25. The van der Waals surface area contributed by atoms with Crippen LogP contribution < -0.4 is 5.32 Å². The van der Waals surface area contributed by atoms with Gasteiger partial charge < -0.3 is 10.1 Å². The third-order valence-electron chi connectivity index (χ3n) is 3.79. The van der Waals surface area contributed by atoms with Gasteiger partial charge in [-0.25, -0.2) is 9.78 Å². The van der Waals surface area contributed by atoms with Crippen LogP contribution in [0, 0.1) is 0 Å². The number of esters is 1. The number of cyclic esters (lactones) is 1. The zero-order chi connectivity index (χ0) is 15.4. The van der Waals surface area contributed by atoms with E-state index in [0.29, 0.717) is 18.7 Å². The second-order valence-electron chi connectivity index (χ2n) is 5.05. The Balaban J connectivity index is 2.46. The van der Waals surface area contributed by atoms with Crippen LogP contribution in [0.15, 0.2) is 23.7 Å². The number of hydrogen-bond acceptors (Lipinski definition) is 4. The molecular weight excluding hydrogens is 266 g/mol. The van der Waals surface area contributed by atoms with Crippen LogP contribution in [-0.2, 0) is 11.2 Å². The lowest BCUT2D eigenvalue weighted by Crippen LogP contribution is -2.20. The lowest BCUT2D eigenvalue weighted by atomic mass is 10.1. The summed E-state index contributed by atoms with van der Waals surface area (Å²) >= 11 is 0. The maximum atomic E-state index is 12.0. The van der Waals surface area contributed by atoms with Crippen molar-refractivity contribution in [3.8, 4) is 0 Å². The van der Waals surface area contributed by atoms with E-state index in [2.05, 4.69) is 37.1 Å². The maximum Gasteiger partial charge on any atom is 0.357 e. The van der Waals surface area contributed by atoms with Crippen molar-refractivity contribution >= 4 is 11.7 Å². The first-order valence-corrected chi connectivity index (χ1v) is 7.44. The smallest absolute Gasteiger partial charge is 0.357 e. The van der Waals surface area contributed by atoms with E-state index in [9.17, 15) is 4.79 Å². The van der Waals surface area contributed by atoms with E-state index >= 15 is 0 Å². The minimum absolute atomic E-state index is 0.279. The van der Waals surface area contributed by atoms with E-state index in [1.807, 2.05) is 11.6 Å². The predicted molar refractivity (Wildman–Crippen MR) is 82.8 cm³/mol. The molecular formula is C16H23N3O2. The van der Waals surface area contributed by atoms with Gasteiger partial charge in [-0.05, 0) is 31.4 Å². The molecule has 0 bridgehead atoms. The van der Waals surface area contributed by atoms with Gasteiger partial charge in [0.25, 0.3) is 0 Å². The standard InChI is InChI=1S/C16H23N3O2/c1-5-12(9-11(3)13(6-2)17-4)19-10-18-14-7-8-21-16(20)15(14)19/h9-10,17H,5-8H2,1-4H3/b12-9+,13-11+. The fraction of sp³-hybridized carbons (Fsp3) is 0.500. The molecule has 0 saturated heterocycles. The minimum atomic E-state index is -0.279. The average Bonchev–Trinajstić information content (AvgIpc) is 2.91. The lowest BCUT2D eigenvalue weighted by molar-refractivity contribution is 0.0468. The Morgan fingerprint density at radius 1 is 1.48 bits per heavy atom. The van der Waals surface area contributed by atoms with Crippen molar-refractivity contribution in [3.63, 3.8) is 0 Å². The van der Waals surface area contributed by atoms with Gasteiger partial charge in [-0.3, -0.25) is 4.57 Å². The summed E-state index contributed by atoms with van der Waals surface area (Å²) in [6.45, 7) is 6.69. The summed E-state index contributed by atoms with van der Waals surface area (Å²) in [4.78, 5) is 16.3. The number of imidazole rings is 1. The quantitative estimate of drug-likeness (QED) is 0.669. The van der Waals surface area contributed by atoms with Gasteiger partial charge in [0.15, 0.2) is 5.69 Å². The number of allylic oxidation sites excluding steroid dienone is 4. The number of nitrogens with one attached hydrogen (secondary N) is 1. The van der Waals surface area contributed by atoms with Crippen molar-refractivity contribution < 1.29 is 9.53 Å². The molecule has 2 heterocycles. The van der Waals surface area contributed by atoms with E-state index in [1.165, 1.54) is 11.3 Å². The molecule has 1 aliphatic heterocycles. The Labute approximate surface area is 125 Å². The van der Waals surface area contributed by atoms with E-state index in [-0.39, 0.29) is 5.97 Å². The number of carbonyl (C=O) groups is 1. The van der Waals surface area contributed by atoms with Gasteiger partial charge in [0.05, 0.1) is 18.6 Å². The molecule has 1 aromatic rings. The summed E-state index contributed by atoms with van der Waals surface area (Å²) in [5.41, 5.74) is 4.81. The Morgan fingerprint density at radius 3 is 2.86 bits per heavy atom. The van der Waals surface area contributed by atoms with Gasteiger partial charge in [0.2, 0.25) is 0 Å². The summed E-state index contributed by atoms with van der Waals surface area (Å²) < 4.78 is 7.01. The van der Waals surface area contributed by atoms with E-state index in [1.54, 1.807) is 6.33 Å². The van der Waals surface area contributed by atoms with Gasteiger partial charge in [-0.2, -0.15) is 0 Å². The molecule has 0 amide bonds. The zero-order valence-electron chi connectivity index (χ0n) is 13.2. The summed E-state index contributed by atoms with van der Waals surface area (Å²) in [6, 6.07) is 0. The highest BCUT2D eigenvalue weighted by Crippen LogP contribution is 2.22. The maximum absolute atomic E-state index is 12.0. The van der Waals surface area contributed by atoms with Gasteiger partial charge in [0, 0.05) is 24.9 Å². The normalized spacial score (nSPS) is 16.2. The molecule has 5 nitrogen and oxygen atoms in total. The molecule has 0 aliphatic carbocycles. The molecule has 0 radical (unpaired) electrons. The Hall–Kier alpha value is -2.04. The zero-order valence-corrected chi connectivity index (χ0v) is 13.2. The molecule has 5 heteroatoms. The number of hydrogen-bond donors (Lipinski definition) is 1. The highest BCUT2D eigenvalue weighted by atomic mass is 16.5. The molecule has 21 heavy (non-hydrogen) atoms. The van der Waals surface area contributed by atoms with Crippen LogP contribution in [0.4, 0.5) is 0 Å². The average molecular weight is 289 g/mol. The Morgan fingerprint density at radius 2 is 2.24 bits per heavy atom. The molecule has 1 aliphatic rings. The van der Waals surface area contributed by atoms with Crippen LogP contribution in [-0.4, -0.2) is 29.2 Å². The number of carbonyl (C=O) groups excluding carboxylic acids is 1. The van der Waals surface area contributed by atoms with Gasteiger partial charge in [-0.1, -0.05) is 13.8 Å². The van der Waals surface area contributed by atoms with Crippen LogP contribution in [0.2, 0.25) is 0 Å². The molecule has 0 aromatic carbocycles. The second kappa shape index (κ2) is 6.61. The molecule has 0 atom stereocenters. The molecule has 1 aromatic heterocycles. The first kappa shape index (κ1) is 15.4. The fourth-order valence-corrected chi connectivity index (χ4v) is 2.64. The van der Waals surface area contributed by atoms with E-state index in [0.717, 1.165) is 24.2 Å². The lowest BCUT2D eigenvalue weighted by Gasteiger charge is -2.16. The van der Waals surface area contributed by atoms with Crippen molar-refractivity contribution in [2.45, 2.75) is 40.0 Å². The third-order valence-corrected chi connectivity index (χ3v) is 3.79. The summed E-state index contributed by atoms with van der Waals surface area (Å²) in [6.07, 6.45) is 6.29. The van der Waals surface area contributed by atoms with E-state index < -0.39 is 0 Å². The number of rotatable bonds is 5. The van der Waals surface area contributed by atoms with Crippen LogP contribution in [0.1, 0.15) is 49.8 Å². The SMILES string of the molecule is CC/C(=C\C(C)=C(/CC)NC)n1cnc2c1C(=O)OCC2. The van der Waals surface area contributed by atoms with Crippen LogP contribution in [0.5, 0.6) is 0 Å². The Bertz CT molecular complexity index is 591. The monoisotopic (exact) mass is 289 g/mol. The van der Waals surface area contributed by atoms with Gasteiger partial charge in [-0.15, -0.1) is 0 Å². The molecule has 0 saturated carbocycles. The van der Waals surface area contributed by atoms with Crippen LogP contribution >= 0.6 is 0 Å². The van der Waals surface area contributed by atoms with Crippen LogP contribution in [0.25, 0.3) is 5.70 Å². The number of fused-ring (bicyclic) bond motifs is 1. The second-order valence-corrected chi connectivity index (χ2v) is 5.05. The summed E-state index contributed by atoms with van der Waals surface area (Å²) in [5, 5.41) is 3.22. The third kappa shape index (κ3) is 3.01. The highest BCUT2D eigenvalue weighted by molar-refractivity contribution is 5.91. The topological polar surface area (TPSA) is 56.2 Å². The largest absolute Gasteiger partial charge is 0.461 e. The molecule has 0 unspecified atom stereocenters. The molecule has 0 spiro atoms. The number of ether oxygens (including phenoxy) is 1. The van der Waals surface area contributed by atoms with Crippen LogP contribution in [0.3, 0.4) is 0 Å². The van der Waals surface area contributed by atoms with Gasteiger partial charge >= 0.3 is 5.97 Å². The summed E-state index contributed by atoms with van der Waals surface area (Å²) in [5.74, 6) is -0.279. The fourth-order valence-electron chi connectivity index (χ4n) is 2.64. The summed E-state index contributed by atoms with van der Waals surface area (Å²) in [7, 11) is 1.93. The number of aromatic nitrogens is 2.